The minimum atomic E-state index is -4.67. The van der Waals surface area contributed by atoms with Crippen molar-refractivity contribution in [3.8, 4) is 0 Å². The highest BCUT2D eigenvalue weighted by Gasteiger charge is 2.42. The van der Waals surface area contributed by atoms with Crippen LogP contribution in [0.3, 0.4) is 0 Å². The fourth-order valence-electron chi connectivity index (χ4n) is 4.45. The lowest BCUT2D eigenvalue weighted by Gasteiger charge is -2.39. The lowest BCUT2D eigenvalue weighted by atomic mass is 10.0. The summed E-state index contributed by atoms with van der Waals surface area (Å²) in [5.41, 5.74) is 0.792. The molecular formula is C28H31F3N6O7S. The number of amides is 3. The van der Waals surface area contributed by atoms with Crippen molar-refractivity contribution in [1.82, 2.24) is 24.7 Å². The fourth-order valence-corrected chi connectivity index (χ4v) is 6.02. The molecule has 0 aliphatic carbocycles. The second-order valence-corrected chi connectivity index (χ2v) is 12.2. The number of ether oxygens (including phenoxy) is 1. The van der Waals surface area contributed by atoms with Crippen LogP contribution in [0.25, 0.3) is 0 Å². The second-order valence-electron chi connectivity index (χ2n) is 10.3. The molecule has 1 fully saturated rings. The van der Waals surface area contributed by atoms with Gasteiger partial charge in [0, 0.05) is 26.2 Å². The van der Waals surface area contributed by atoms with Gasteiger partial charge in [0.05, 0.1) is 17.1 Å². The largest absolute Gasteiger partial charge is 0.459 e. The van der Waals surface area contributed by atoms with Gasteiger partial charge in [-0.2, -0.15) is 17.5 Å². The summed E-state index contributed by atoms with van der Waals surface area (Å²) < 4.78 is 77.1. The number of alkyl halides is 3. The zero-order valence-electron chi connectivity index (χ0n) is 24.5. The van der Waals surface area contributed by atoms with Gasteiger partial charge < -0.3 is 19.4 Å². The summed E-state index contributed by atoms with van der Waals surface area (Å²) >= 11 is 0. The number of sulfonamides is 1. The number of aromatic nitrogens is 2. The van der Waals surface area contributed by atoms with Crippen molar-refractivity contribution in [3.63, 3.8) is 0 Å². The summed E-state index contributed by atoms with van der Waals surface area (Å²) in [5.74, 6) is -1.85. The topological polar surface area (TPSA) is 164 Å². The Bertz CT molecular complexity index is 1630. The first-order chi connectivity index (χ1) is 21.2. The van der Waals surface area contributed by atoms with E-state index in [9.17, 15) is 36.0 Å². The highest BCUT2D eigenvalue weighted by molar-refractivity contribution is 7.89. The summed E-state index contributed by atoms with van der Waals surface area (Å²) in [6, 6.07) is 7.65. The van der Waals surface area contributed by atoms with Crippen LogP contribution in [0, 0.1) is 0 Å². The minimum absolute atomic E-state index is 0.0483. The van der Waals surface area contributed by atoms with E-state index in [2.05, 4.69) is 20.8 Å². The molecule has 1 atom stereocenters. The number of benzene rings is 2. The Balaban J connectivity index is 1.54. The third kappa shape index (κ3) is 7.96. The van der Waals surface area contributed by atoms with Crippen molar-refractivity contribution in [2.24, 2.45) is 0 Å². The van der Waals surface area contributed by atoms with Crippen LogP contribution >= 0.6 is 0 Å². The lowest BCUT2D eigenvalue weighted by Crippen LogP contribution is -2.61. The molecule has 1 unspecified atom stereocenters. The van der Waals surface area contributed by atoms with Gasteiger partial charge in [0.25, 0.3) is 0 Å². The molecular weight excluding hydrogens is 621 g/mol. The van der Waals surface area contributed by atoms with E-state index < -0.39 is 69.1 Å². The van der Waals surface area contributed by atoms with Gasteiger partial charge in [-0.1, -0.05) is 48.3 Å². The maximum Gasteiger partial charge on any atom is 0.416 e. The van der Waals surface area contributed by atoms with E-state index in [1.54, 1.807) is 6.92 Å². The number of nitrogens with one attached hydrogen (secondary N) is 2. The molecule has 2 aromatic carbocycles. The first-order valence-electron chi connectivity index (χ1n) is 13.8. The highest BCUT2D eigenvalue weighted by Crippen LogP contribution is 2.31. The smallest absolute Gasteiger partial charge is 0.416 e. The van der Waals surface area contributed by atoms with Gasteiger partial charge in [0.1, 0.15) is 6.04 Å². The van der Waals surface area contributed by atoms with Gasteiger partial charge in [-0.05, 0) is 48.2 Å². The number of urea groups is 1. The number of anilines is 1. The molecule has 17 heteroatoms. The molecule has 1 saturated heterocycles. The Labute approximate surface area is 256 Å². The van der Waals surface area contributed by atoms with Crippen LogP contribution in [0.5, 0.6) is 0 Å². The lowest BCUT2D eigenvalue weighted by molar-refractivity contribution is -0.137. The van der Waals surface area contributed by atoms with Crippen LogP contribution < -0.4 is 10.6 Å². The van der Waals surface area contributed by atoms with Crippen molar-refractivity contribution < 1.29 is 45.1 Å². The highest BCUT2D eigenvalue weighted by atomic mass is 32.2. The molecule has 1 aromatic heterocycles. The van der Waals surface area contributed by atoms with Crippen molar-refractivity contribution >= 4 is 33.9 Å². The van der Waals surface area contributed by atoms with Gasteiger partial charge in [0.2, 0.25) is 15.9 Å². The van der Waals surface area contributed by atoms with Crippen LogP contribution in [0.2, 0.25) is 0 Å². The molecule has 2 N–H and O–H groups in total. The van der Waals surface area contributed by atoms with Crippen molar-refractivity contribution in [2.75, 3.05) is 31.6 Å². The number of carbonyl (C=O) groups is 3. The number of hydrogen-bond donors (Lipinski definition) is 2. The molecule has 3 amide bonds. The van der Waals surface area contributed by atoms with Crippen molar-refractivity contribution in [1.29, 1.82) is 0 Å². The van der Waals surface area contributed by atoms with E-state index in [0.717, 1.165) is 32.5 Å². The predicted molar refractivity (Wildman–Crippen MR) is 152 cm³/mol. The van der Waals surface area contributed by atoms with Crippen LogP contribution in [0.15, 0.2) is 57.8 Å². The molecule has 242 valence electrons. The van der Waals surface area contributed by atoms with Gasteiger partial charge >= 0.3 is 30.1 Å². The maximum absolute atomic E-state index is 13.6. The number of carbonyl (C=O) groups excluding carboxylic acids is 3. The van der Waals surface area contributed by atoms with Crippen LogP contribution in [-0.4, -0.2) is 78.0 Å². The number of nitrogens with zero attached hydrogens (tertiary/aromatic N) is 4. The molecule has 0 saturated carbocycles. The van der Waals surface area contributed by atoms with E-state index in [4.69, 9.17) is 9.15 Å². The van der Waals surface area contributed by atoms with Gasteiger partial charge in [-0.15, -0.1) is 0 Å². The molecule has 45 heavy (non-hydrogen) atoms. The van der Waals surface area contributed by atoms with Crippen LogP contribution in [0.1, 0.15) is 54.1 Å². The molecule has 0 bridgehead atoms. The maximum atomic E-state index is 13.6. The van der Waals surface area contributed by atoms with E-state index >= 15 is 0 Å². The summed E-state index contributed by atoms with van der Waals surface area (Å²) in [6.45, 7) is 4.74. The van der Waals surface area contributed by atoms with Crippen molar-refractivity contribution in [3.05, 3.63) is 71.1 Å². The summed E-state index contributed by atoms with van der Waals surface area (Å²) in [5, 5.41) is 12.1. The Morgan fingerprint density at radius 3 is 2.31 bits per heavy atom. The SMILES string of the molecule is CCOC(=O)c1nnc(NC(=O)N2CCN(S(=O)(=O)c3ccc(C(F)(F)F)cc3)C(C(=O)NCc3ccc(C(C)C)cc3)C2)o1. The Kier molecular flexibility index (Phi) is 10.1. The molecule has 13 nitrogen and oxygen atoms in total. The number of piperazine rings is 1. The summed E-state index contributed by atoms with van der Waals surface area (Å²) in [6.07, 6.45) is -4.67. The van der Waals surface area contributed by atoms with E-state index in [1.807, 2.05) is 38.1 Å². The summed E-state index contributed by atoms with van der Waals surface area (Å²) in [7, 11) is -4.48. The molecule has 1 aliphatic rings. The Morgan fingerprint density at radius 1 is 1.04 bits per heavy atom. The number of rotatable bonds is 9. The molecule has 2 heterocycles. The van der Waals surface area contributed by atoms with E-state index in [0.29, 0.717) is 18.1 Å². The van der Waals surface area contributed by atoms with Crippen molar-refractivity contribution in [2.45, 2.75) is 50.3 Å². The third-order valence-corrected chi connectivity index (χ3v) is 8.83. The quantitative estimate of drug-likeness (QED) is 0.329. The molecule has 0 spiro atoms. The standard InChI is InChI=1S/C28H31F3N6O7S/c1-4-43-25(39)24-34-35-26(44-24)33-27(40)36-13-14-37(45(41,42)21-11-9-20(10-12-21)28(29,30)31)22(16-36)23(38)32-15-18-5-7-19(8-6-18)17(2)3/h5-12,17,22H,4,13-16H2,1-3H3,(H,32,38)(H,33,35,40). The average Bonchev–Trinajstić information content (AvgIpc) is 3.48. The third-order valence-electron chi connectivity index (χ3n) is 6.91. The van der Waals surface area contributed by atoms with Crippen LogP contribution in [0.4, 0.5) is 24.0 Å². The molecule has 1 aliphatic heterocycles. The molecule has 4 rings (SSSR count). The van der Waals surface area contributed by atoms with Crippen LogP contribution in [-0.2, 0) is 32.3 Å². The monoisotopic (exact) mass is 652 g/mol. The minimum Gasteiger partial charge on any atom is -0.459 e. The van der Waals surface area contributed by atoms with Gasteiger partial charge in [-0.25, -0.2) is 18.0 Å². The number of esters is 1. The van der Waals surface area contributed by atoms with Gasteiger partial charge in [0.15, 0.2) is 0 Å². The molecule has 3 aromatic rings. The summed E-state index contributed by atoms with van der Waals surface area (Å²) in [4.78, 5) is 39.0. The second kappa shape index (κ2) is 13.6. The number of hydrogen-bond acceptors (Lipinski definition) is 9. The average molecular weight is 653 g/mol. The van der Waals surface area contributed by atoms with E-state index in [1.165, 1.54) is 0 Å². The zero-order valence-corrected chi connectivity index (χ0v) is 25.3. The van der Waals surface area contributed by atoms with Gasteiger partial charge in [-0.3, -0.25) is 10.1 Å². The first-order valence-corrected chi connectivity index (χ1v) is 15.3. The molecule has 0 radical (unpaired) electrons. The Hall–Kier alpha value is -4.51. The zero-order chi connectivity index (χ0) is 32.9. The first kappa shape index (κ1) is 33.4. The fraction of sp³-hybridized carbons (Fsp3) is 0.393. The predicted octanol–water partition coefficient (Wildman–Crippen LogP) is 3.61. The number of halogens is 3. The normalized spacial score (nSPS) is 16.0. The van der Waals surface area contributed by atoms with E-state index in [-0.39, 0.29) is 26.2 Å². The Morgan fingerprint density at radius 2 is 1.71 bits per heavy atom.